The van der Waals surface area contributed by atoms with Gasteiger partial charge < -0.3 is 0 Å². The van der Waals surface area contributed by atoms with Gasteiger partial charge in [0.25, 0.3) is 0 Å². The topological polar surface area (TPSA) is 30.2 Å². The van der Waals surface area contributed by atoms with Crippen molar-refractivity contribution in [1.29, 1.82) is 0 Å². The Balaban J connectivity index is 2.26. The van der Waals surface area contributed by atoms with Gasteiger partial charge >= 0.3 is 0 Å². The van der Waals surface area contributed by atoms with Crippen molar-refractivity contribution in [2.24, 2.45) is 0 Å². The first-order valence-corrected chi connectivity index (χ1v) is 5.26. The van der Waals surface area contributed by atoms with Crippen LogP contribution in [0.4, 0.5) is 0 Å². The molecule has 0 atom stereocenters. The molecule has 3 heterocycles. The molecule has 78 valence electrons. The molecule has 0 spiro atoms. The number of imidazole rings is 1. The Kier molecular flexibility index (Phi) is 2.11. The van der Waals surface area contributed by atoms with Crippen molar-refractivity contribution in [2.75, 3.05) is 0 Å². The van der Waals surface area contributed by atoms with Gasteiger partial charge in [-0.2, -0.15) is 0 Å². The van der Waals surface area contributed by atoms with Gasteiger partial charge in [0.05, 0.1) is 11.9 Å². The maximum Gasteiger partial charge on any atom is 0.137 e. The number of pyridine rings is 2. The molecule has 0 aliphatic heterocycles. The SMILES string of the molecule is Clc1cc(-c2cnc3ccccn23)ccn1. The van der Waals surface area contributed by atoms with Gasteiger partial charge in [-0.15, -0.1) is 0 Å². The molecule has 0 fully saturated rings. The van der Waals surface area contributed by atoms with Crippen LogP contribution in [-0.2, 0) is 0 Å². The summed E-state index contributed by atoms with van der Waals surface area (Å²) in [6.45, 7) is 0. The summed E-state index contributed by atoms with van der Waals surface area (Å²) in [5.41, 5.74) is 2.95. The van der Waals surface area contributed by atoms with Gasteiger partial charge in [0, 0.05) is 18.0 Å². The Morgan fingerprint density at radius 3 is 2.94 bits per heavy atom. The predicted molar refractivity (Wildman–Crippen MR) is 63.4 cm³/mol. The van der Waals surface area contributed by atoms with Crippen LogP contribution in [-0.4, -0.2) is 14.4 Å². The molecule has 4 heteroatoms. The van der Waals surface area contributed by atoms with E-state index in [-0.39, 0.29) is 0 Å². The highest BCUT2D eigenvalue weighted by Gasteiger charge is 2.05. The third-order valence-electron chi connectivity index (χ3n) is 2.44. The maximum absolute atomic E-state index is 5.87. The summed E-state index contributed by atoms with van der Waals surface area (Å²) < 4.78 is 2.02. The molecule has 3 aromatic heterocycles. The lowest BCUT2D eigenvalue weighted by Gasteiger charge is -2.01. The molecule has 0 aliphatic rings. The number of hydrogen-bond acceptors (Lipinski definition) is 2. The first kappa shape index (κ1) is 9.36. The lowest BCUT2D eigenvalue weighted by Crippen LogP contribution is -1.87. The van der Waals surface area contributed by atoms with Crippen molar-refractivity contribution < 1.29 is 0 Å². The Morgan fingerprint density at radius 2 is 2.06 bits per heavy atom. The second-order valence-electron chi connectivity index (χ2n) is 3.44. The van der Waals surface area contributed by atoms with Crippen LogP contribution in [0.3, 0.4) is 0 Å². The number of fused-ring (bicyclic) bond motifs is 1. The van der Waals surface area contributed by atoms with E-state index < -0.39 is 0 Å². The van der Waals surface area contributed by atoms with Gasteiger partial charge in [0.1, 0.15) is 10.8 Å². The third kappa shape index (κ3) is 1.46. The summed E-state index contributed by atoms with van der Waals surface area (Å²) in [6, 6.07) is 9.65. The van der Waals surface area contributed by atoms with E-state index in [1.807, 2.05) is 47.1 Å². The van der Waals surface area contributed by atoms with Crippen LogP contribution >= 0.6 is 11.6 Å². The van der Waals surface area contributed by atoms with E-state index in [0.717, 1.165) is 16.9 Å². The standard InChI is InChI=1S/C12H8ClN3/c13-11-7-9(4-5-14-11)10-8-15-12-3-1-2-6-16(10)12/h1-8H. The fourth-order valence-electron chi connectivity index (χ4n) is 1.71. The molecule has 0 N–H and O–H groups in total. The molecule has 3 rings (SSSR count). The Hall–Kier alpha value is -1.87. The molecule has 3 nitrogen and oxygen atoms in total. The van der Waals surface area contributed by atoms with Crippen LogP contribution in [0.1, 0.15) is 0 Å². The smallest absolute Gasteiger partial charge is 0.137 e. The molecule has 0 amide bonds. The zero-order valence-electron chi connectivity index (χ0n) is 8.34. The van der Waals surface area contributed by atoms with Crippen LogP contribution < -0.4 is 0 Å². The lowest BCUT2D eigenvalue weighted by molar-refractivity contribution is 1.19. The van der Waals surface area contributed by atoms with Gasteiger partial charge in [-0.3, -0.25) is 4.40 Å². The van der Waals surface area contributed by atoms with Crippen molar-refractivity contribution in [2.45, 2.75) is 0 Å². The van der Waals surface area contributed by atoms with Crippen molar-refractivity contribution in [1.82, 2.24) is 14.4 Å². The van der Waals surface area contributed by atoms with Gasteiger partial charge in [-0.05, 0) is 24.3 Å². The van der Waals surface area contributed by atoms with E-state index in [1.165, 1.54) is 0 Å². The summed E-state index contributed by atoms with van der Waals surface area (Å²) in [7, 11) is 0. The maximum atomic E-state index is 5.87. The van der Waals surface area contributed by atoms with Crippen molar-refractivity contribution in [3.05, 3.63) is 54.1 Å². The number of halogens is 1. The van der Waals surface area contributed by atoms with Gasteiger partial charge in [-0.25, -0.2) is 9.97 Å². The summed E-state index contributed by atoms with van der Waals surface area (Å²) >= 11 is 5.87. The molecule has 0 aliphatic carbocycles. The zero-order valence-corrected chi connectivity index (χ0v) is 9.09. The van der Waals surface area contributed by atoms with E-state index >= 15 is 0 Å². The first-order chi connectivity index (χ1) is 7.84. The molecule has 0 saturated heterocycles. The van der Waals surface area contributed by atoms with Crippen LogP contribution in [0, 0.1) is 0 Å². The first-order valence-electron chi connectivity index (χ1n) is 4.88. The highest BCUT2D eigenvalue weighted by molar-refractivity contribution is 6.29. The molecular weight excluding hydrogens is 222 g/mol. The van der Waals surface area contributed by atoms with Gasteiger partial charge in [-0.1, -0.05) is 17.7 Å². The Labute approximate surface area is 97.3 Å². The number of hydrogen-bond donors (Lipinski definition) is 0. The summed E-state index contributed by atoms with van der Waals surface area (Å²) in [5, 5.41) is 0.489. The van der Waals surface area contributed by atoms with Crippen molar-refractivity contribution in [3.63, 3.8) is 0 Å². The minimum atomic E-state index is 0.489. The second-order valence-corrected chi connectivity index (χ2v) is 3.83. The molecule has 0 saturated carbocycles. The fraction of sp³-hybridized carbons (Fsp3) is 0. The predicted octanol–water partition coefficient (Wildman–Crippen LogP) is 3.05. The highest BCUT2D eigenvalue weighted by Crippen LogP contribution is 2.22. The summed E-state index contributed by atoms with van der Waals surface area (Å²) in [6.07, 6.45) is 5.51. The molecular formula is C12H8ClN3. The molecule has 16 heavy (non-hydrogen) atoms. The summed E-state index contributed by atoms with van der Waals surface area (Å²) in [5.74, 6) is 0. The van der Waals surface area contributed by atoms with Gasteiger partial charge in [0.15, 0.2) is 0 Å². The van der Waals surface area contributed by atoms with E-state index in [0.29, 0.717) is 5.15 Å². The molecule has 0 radical (unpaired) electrons. The van der Waals surface area contributed by atoms with Crippen molar-refractivity contribution >= 4 is 17.2 Å². The number of rotatable bonds is 1. The monoisotopic (exact) mass is 229 g/mol. The van der Waals surface area contributed by atoms with Crippen LogP contribution in [0.2, 0.25) is 5.15 Å². The molecule has 0 bridgehead atoms. The molecule has 0 unspecified atom stereocenters. The normalized spacial score (nSPS) is 10.8. The Morgan fingerprint density at radius 1 is 1.12 bits per heavy atom. The van der Waals surface area contributed by atoms with Crippen LogP contribution in [0.15, 0.2) is 48.9 Å². The second kappa shape index (κ2) is 3.61. The fourth-order valence-corrected chi connectivity index (χ4v) is 1.88. The lowest BCUT2D eigenvalue weighted by atomic mass is 10.2. The van der Waals surface area contributed by atoms with E-state index in [4.69, 9.17) is 11.6 Å². The third-order valence-corrected chi connectivity index (χ3v) is 2.65. The van der Waals surface area contributed by atoms with E-state index in [9.17, 15) is 0 Å². The van der Waals surface area contributed by atoms with Crippen molar-refractivity contribution in [3.8, 4) is 11.3 Å². The van der Waals surface area contributed by atoms with Gasteiger partial charge in [0.2, 0.25) is 0 Å². The highest BCUT2D eigenvalue weighted by atomic mass is 35.5. The largest absolute Gasteiger partial charge is 0.300 e. The molecule has 3 aromatic rings. The number of nitrogens with zero attached hydrogens (tertiary/aromatic N) is 3. The quantitative estimate of drug-likeness (QED) is 0.601. The Bertz CT molecular complexity index is 645. The van der Waals surface area contributed by atoms with E-state index in [1.54, 1.807) is 6.20 Å². The molecule has 0 aromatic carbocycles. The average Bonchev–Trinajstić information content (AvgIpc) is 2.72. The minimum absolute atomic E-state index is 0.489. The van der Waals surface area contributed by atoms with Crippen LogP contribution in [0.5, 0.6) is 0 Å². The zero-order chi connectivity index (χ0) is 11.0. The minimum Gasteiger partial charge on any atom is -0.300 e. The van der Waals surface area contributed by atoms with E-state index in [2.05, 4.69) is 9.97 Å². The number of aromatic nitrogens is 3. The summed E-state index contributed by atoms with van der Waals surface area (Å²) in [4.78, 5) is 8.29. The van der Waals surface area contributed by atoms with Crippen LogP contribution in [0.25, 0.3) is 16.9 Å². The average molecular weight is 230 g/mol.